The maximum atomic E-state index is 12.1. The predicted octanol–water partition coefficient (Wildman–Crippen LogP) is 2.46. The highest BCUT2D eigenvalue weighted by molar-refractivity contribution is 7.85. The fraction of sp³-hybridized carbons (Fsp3) is 1.00. The van der Waals surface area contributed by atoms with Crippen molar-refractivity contribution in [3.63, 3.8) is 0 Å². The molecule has 2 aliphatic carbocycles. The molecule has 0 aromatic carbocycles. The lowest BCUT2D eigenvalue weighted by atomic mass is 9.91. The first-order valence-corrected chi connectivity index (χ1v) is 8.24. The molecule has 0 amide bonds. The van der Waals surface area contributed by atoms with Crippen LogP contribution in [0.3, 0.4) is 0 Å². The Morgan fingerprint density at radius 2 is 2.06 bits per heavy atom. The van der Waals surface area contributed by atoms with E-state index in [1.807, 2.05) is 0 Å². The lowest BCUT2D eigenvalue weighted by Crippen LogP contribution is -2.26. The van der Waals surface area contributed by atoms with Crippen molar-refractivity contribution < 1.29 is 4.21 Å². The summed E-state index contributed by atoms with van der Waals surface area (Å²) in [5.41, 5.74) is 0. The second-order valence-corrected chi connectivity index (χ2v) is 7.40. The topological polar surface area (TPSA) is 29.1 Å². The van der Waals surface area contributed by atoms with Gasteiger partial charge >= 0.3 is 0 Å². The van der Waals surface area contributed by atoms with Gasteiger partial charge in [-0.05, 0) is 44.6 Å². The van der Waals surface area contributed by atoms with E-state index >= 15 is 0 Å². The molecule has 3 atom stereocenters. The van der Waals surface area contributed by atoms with Gasteiger partial charge in [-0.2, -0.15) is 0 Å². The Kier molecular flexibility index (Phi) is 4.83. The van der Waals surface area contributed by atoms with Gasteiger partial charge in [0.1, 0.15) is 0 Å². The first kappa shape index (κ1) is 12.6. The van der Waals surface area contributed by atoms with Crippen LogP contribution < -0.4 is 5.32 Å². The zero-order chi connectivity index (χ0) is 11.4. The molecule has 0 aromatic rings. The van der Waals surface area contributed by atoms with E-state index in [9.17, 15) is 4.21 Å². The SMILES string of the molecule is CC1CCCC(S(=O)CCCNC2CC2)C1. The predicted molar refractivity (Wildman–Crippen MR) is 70.1 cm³/mol. The van der Waals surface area contributed by atoms with Crippen molar-refractivity contribution in [2.75, 3.05) is 12.3 Å². The van der Waals surface area contributed by atoms with Crippen LogP contribution in [0.5, 0.6) is 0 Å². The third-order valence-corrected chi connectivity index (χ3v) is 5.66. The summed E-state index contributed by atoms with van der Waals surface area (Å²) >= 11 is 0. The Labute approximate surface area is 102 Å². The molecule has 0 aliphatic heterocycles. The molecule has 0 spiro atoms. The molecule has 0 radical (unpaired) electrons. The molecule has 2 rings (SSSR count). The molecule has 16 heavy (non-hydrogen) atoms. The second-order valence-electron chi connectivity index (χ2n) is 5.56. The van der Waals surface area contributed by atoms with E-state index in [4.69, 9.17) is 0 Å². The third-order valence-electron chi connectivity index (χ3n) is 3.79. The molecule has 2 fully saturated rings. The van der Waals surface area contributed by atoms with Gasteiger partial charge < -0.3 is 5.32 Å². The van der Waals surface area contributed by atoms with Gasteiger partial charge in [-0.1, -0.05) is 19.8 Å². The van der Waals surface area contributed by atoms with Crippen LogP contribution in [0.4, 0.5) is 0 Å². The van der Waals surface area contributed by atoms with Crippen LogP contribution in [0, 0.1) is 5.92 Å². The number of nitrogens with one attached hydrogen (secondary N) is 1. The molecule has 0 heterocycles. The summed E-state index contributed by atoms with van der Waals surface area (Å²) in [5, 5.41) is 3.99. The van der Waals surface area contributed by atoms with Crippen molar-refractivity contribution in [2.24, 2.45) is 5.92 Å². The summed E-state index contributed by atoms with van der Waals surface area (Å²) in [4.78, 5) is 0. The molecule has 2 saturated carbocycles. The van der Waals surface area contributed by atoms with Crippen LogP contribution in [-0.2, 0) is 10.8 Å². The lowest BCUT2D eigenvalue weighted by Gasteiger charge is -2.26. The molecule has 1 N–H and O–H groups in total. The molecule has 2 nitrogen and oxygen atoms in total. The van der Waals surface area contributed by atoms with E-state index in [1.54, 1.807) is 0 Å². The Bertz CT molecular complexity index is 240. The van der Waals surface area contributed by atoms with Gasteiger partial charge in [0.25, 0.3) is 0 Å². The van der Waals surface area contributed by atoms with Crippen molar-refractivity contribution >= 4 is 10.8 Å². The lowest BCUT2D eigenvalue weighted by molar-refractivity contribution is 0.389. The Hall–Kier alpha value is 0.110. The highest BCUT2D eigenvalue weighted by Gasteiger charge is 2.24. The van der Waals surface area contributed by atoms with E-state index in [0.717, 1.165) is 30.7 Å². The minimum absolute atomic E-state index is 0.504. The van der Waals surface area contributed by atoms with E-state index in [-0.39, 0.29) is 0 Å². The number of rotatable bonds is 6. The number of hydrogen-bond donors (Lipinski definition) is 1. The van der Waals surface area contributed by atoms with Crippen LogP contribution >= 0.6 is 0 Å². The smallest absolute Gasteiger partial charge is 0.0350 e. The summed E-state index contributed by atoms with van der Waals surface area (Å²) < 4.78 is 12.1. The van der Waals surface area contributed by atoms with Crippen LogP contribution in [0.15, 0.2) is 0 Å². The molecule has 3 heteroatoms. The second kappa shape index (κ2) is 6.15. The first-order chi connectivity index (χ1) is 7.75. The molecule has 0 aromatic heterocycles. The average Bonchev–Trinajstić information content (AvgIpc) is 3.08. The maximum Gasteiger partial charge on any atom is 0.0350 e. The maximum absolute atomic E-state index is 12.1. The van der Waals surface area contributed by atoms with Gasteiger partial charge in [0.2, 0.25) is 0 Å². The van der Waals surface area contributed by atoms with Gasteiger partial charge in [-0.3, -0.25) is 4.21 Å². The van der Waals surface area contributed by atoms with E-state index in [1.165, 1.54) is 38.5 Å². The van der Waals surface area contributed by atoms with Crippen LogP contribution in [0.2, 0.25) is 0 Å². The molecular weight excluding hydrogens is 218 g/mol. The Balaban J connectivity index is 1.58. The van der Waals surface area contributed by atoms with Gasteiger partial charge in [0.15, 0.2) is 0 Å². The van der Waals surface area contributed by atoms with Gasteiger partial charge in [0.05, 0.1) is 0 Å². The van der Waals surface area contributed by atoms with E-state index < -0.39 is 10.8 Å². The fourth-order valence-electron chi connectivity index (χ4n) is 2.59. The van der Waals surface area contributed by atoms with Crippen LogP contribution in [-0.4, -0.2) is 27.8 Å². The highest BCUT2D eigenvalue weighted by atomic mass is 32.2. The summed E-state index contributed by atoms with van der Waals surface area (Å²) in [6, 6.07) is 0.795. The molecular formula is C13H25NOS. The van der Waals surface area contributed by atoms with Gasteiger partial charge in [-0.25, -0.2) is 0 Å². The molecule has 94 valence electrons. The average molecular weight is 243 g/mol. The summed E-state index contributed by atoms with van der Waals surface area (Å²) in [6.45, 7) is 3.37. The Morgan fingerprint density at radius 1 is 1.25 bits per heavy atom. The summed E-state index contributed by atoms with van der Waals surface area (Å²) in [7, 11) is -0.561. The van der Waals surface area contributed by atoms with Crippen molar-refractivity contribution in [1.82, 2.24) is 5.32 Å². The molecule has 3 unspecified atom stereocenters. The quantitative estimate of drug-likeness (QED) is 0.726. The van der Waals surface area contributed by atoms with Crippen molar-refractivity contribution in [1.29, 1.82) is 0 Å². The van der Waals surface area contributed by atoms with Crippen LogP contribution in [0.25, 0.3) is 0 Å². The van der Waals surface area contributed by atoms with E-state index in [0.29, 0.717) is 5.25 Å². The third kappa shape index (κ3) is 4.17. The summed E-state index contributed by atoms with van der Waals surface area (Å²) in [6.07, 6.45) is 8.82. The van der Waals surface area contributed by atoms with Crippen molar-refractivity contribution in [3.05, 3.63) is 0 Å². The largest absolute Gasteiger partial charge is 0.314 e. The van der Waals surface area contributed by atoms with E-state index in [2.05, 4.69) is 12.2 Å². The normalized spacial score (nSPS) is 32.6. The standard InChI is InChI=1S/C13H25NOS/c1-11-4-2-5-13(10-11)16(15)9-3-8-14-12-6-7-12/h11-14H,2-10H2,1H3. The van der Waals surface area contributed by atoms with Crippen LogP contribution in [0.1, 0.15) is 51.9 Å². The Morgan fingerprint density at radius 3 is 2.75 bits per heavy atom. The fourth-order valence-corrected chi connectivity index (χ4v) is 4.33. The minimum atomic E-state index is -0.561. The van der Waals surface area contributed by atoms with Crippen molar-refractivity contribution in [3.8, 4) is 0 Å². The summed E-state index contributed by atoms with van der Waals surface area (Å²) in [5.74, 6) is 1.71. The van der Waals surface area contributed by atoms with Crippen molar-refractivity contribution in [2.45, 2.75) is 63.2 Å². The van der Waals surface area contributed by atoms with Gasteiger partial charge in [0, 0.05) is 27.8 Å². The molecule has 0 bridgehead atoms. The minimum Gasteiger partial charge on any atom is -0.314 e. The first-order valence-electron chi connectivity index (χ1n) is 6.86. The molecule has 0 saturated heterocycles. The zero-order valence-corrected chi connectivity index (χ0v) is 11.2. The highest BCUT2D eigenvalue weighted by Crippen LogP contribution is 2.27. The zero-order valence-electron chi connectivity index (χ0n) is 10.4. The molecule has 2 aliphatic rings. The number of hydrogen-bond acceptors (Lipinski definition) is 2. The monoisotopic (exact) mass is 243 g/mol. The van der Waals surface area contributed by atoms with Gasteiger partial charge in [-0.15, -0.1) is 0 Å².